The molecule has 0 amide bonds. The SMILES string of the molecule is COc1cc(Br)cc(Nc2nccn3cnnc23)c1. The monoisotopic (exact) mass is 319 g/mol. The van der Waals surface area contributed by atoms with Crippen LogP contribution in [0.25, 0.3) is 5.65 Å². The fourth-order valence-electron chi connectivity index (χ4n) is 1.74. The van der Waals surface area contributed by atoms with Gasteiger partial charge < -0.3 is 10.1 Å². The minimum atomic E-state index is 0.639. The maximum Gasteiger partial charge on any atom is 0.203 e. The summed E-state index contributed by atoms with van der Waals surface area (Å²) >= 11 is 3.44. The number of nitrogens with one attached hydrogen (secondary N) is 1. The van der Waals surface area contributed by atoms with Crippen LogP contribution < -0.4 is 10.1 Å². The molecule has 96 valence electrons. The number of nitrogens with zero attached hydrogens (tertiary/aromatic N) is 4. The van der Waals surface area contributed by atoms with Gasteiger partial charge in [-0.05, 0) is 12.1 Å². The van der Waals surface area contributed by atoms with Crippen molar-refractivity contribution in [3.8, 4) is 5.75 Å². The van der Waals surface area contributed by atoms with E-state index in [0.717, 1.165) is 15.9 Å². The topological polar surface area (TPSA) is 64.3 Å². The summed E-state index contributed by atoms with van der Waals surface area (Å²) in [5, 5.41) is 11.1. The summed E-state index contributed by atoms with van der Waals surface area (Å²) in [7, 11) is 1.63. The molecule has 0 radical (unpaired) electrons. The molecule has 0 saturated heterocycles. The third-order valence-electron chi connectivity index (χ3n) is 2.59. The Labute approximate surface area is 117 Å². The van der Waals surface area contributed by atoms with Crippen molar-refractivity contribution >= 4 is 33.1 Å². The fourth-order valence-corrected chi connectivity index (χ4v) is 2.21. The van der Waals surface area contributed by atoms with E-state index in [1.807, 2.05) is 18.2 Å². The largest absolute Gasteiger partial charge is 0.497 e. The van der Waals surface area contributed by atoms with Gasteiger partial charge in [0.1, 0.15) is 12.1 Å². The van der Waals surface area contributed by atoms with Gasteiger partial charge in [0.15, 0.2) is 5.82 Å². The van der Waals surface area contributed by atoms with E-state index < -0.39 is 0 Å². The van der Waals surface area contributed by atoms with Crippen molar-refractivity contribution in [3.05, 3.63) is 41.4 Å². The number of methoxy groups -OCH3 is 1. The van der Waals surface area contributed by atoms with E-state index in [2.05, 4.69) is 36.4 Å². The van der Waals surface area contributed by atoms with Crippen LogP contribution in [-0.2, 0) is 0 Å². The van der Waals surface area contributed by atoms with Gasteiger partial charge in [0.05, 0.1) is 7.11 Å². The van der Waals surface area contributed by atoms with Gasteiger partial charge in [0.25, 0.3) is 0 Å². The van der Waals surface area contributed by atoms with Crippen molar-refractivity contribution in [2.75, 3.05) is 12.4 Å². The molecule has 3 rings (SSSR count). The second kappa shape index (κ2) is 4.85. The zero-order chi connectivity index (χ0) is 13.2. The van der Waals surface area contributed by atoms with E-state index in [9.17, 15) is 0 Å². The number of benzene rings is 1. The molecule has 7 heteroatoms. The van der Waals surface area contributed by atoms with E-state index in [4.69, 9.17) is 4.74 Å². The maximum atomic E-state index is 5.22. The van der Waals surface area contributed by atoms with Crippen molar-refractivity contribution < 1.29 is 4.74 Å². The number of aromatic nitrogens is 4. The van der Waals surface area contributed by atoms with E-state index in [1.165, 1.54) is 0 Å². The Morgan fingerprint density at radius 2 is 2.21 bits per heavy atom. The summed E-state index contributed by atoms with van der Waals surface area (Å²) in [5.41, 5.74) is 1.52. The molecule has 2 aromatic heterocycles. The van der Waals surface area contributed by atoms with Gasteiger partial charge in [-0.2, -0.15) is 0 Å². The average Bonchev–Trinajstić information content (AvgIpc) is 2.87. The van der Waals surface area contributed by atoms with Crippen molar-refractivity contribution in [3.63, 3.8) is 0 Å². The standard InChI is InChI=1S/C12H10BrN5O/c1-19-10-5-8(13)4-9(6-10)16-11-12-17-15-7-18(12)3-2-14-11/h2-7H,1H3,(H,14,16). The molecule has 1 N–H and O–H groups in total. The molecule has 3 aromatic rings. The number of hydrogen-bond acceptors (Lipinski definition) is 5. The maximum absolute atomic E-state index is 5.22. The van der Waals surface area contributed by atoms with Crippen LogP contribution in [0.4, 0.5) is 11.5 Å². The highest BCUT2D eigenvalue weighted by Crippen LogP contribution is 2.27. The molecular formula is C12H10BrN5O. The Balaban J connectivity index is 2.01. The predicted octanol–water partition coefficient (Wildman–Crippen LogP) is 2.64. The third-order valence-corrected chi connectivity index (χ3v) is 3.04. The predicted molar refractivity (Wildman–Crippen MR) is 74.8 cm³/mol. The normalized spacial score (nSPS) is 10.6. The Morgan fingerprint density at radius 1 is 1.32 bits per heavy atom. The first kappa shape index (κ1) is 11.9. The fraction of sp³-hybridized carbons (Fsp3) is 0.0833. The van der Waals surface area contributed by atoms with Gasteiger partial charge in [-0.25, -0.2) is 4.98 Å². The van der Waals surface area contributed by atoms with Crippen molar-refractivity contribution in [1.82, 2.24) is 19.6 Å². The van der Waals surface area contributed by atoms with Crippen LogP contribution in [0.1, 0.15) is 0 Å². The number of hydrogen-bond donors (Lipinski definition) is 1. The molecule has 0 atom stereocenters. The van der Waals surface area contributed by atoms with Gasteiger partial charge in [0, 0.05) is 28.6 Å². The molecule has 0 bridgehead atoms. The van der Waals surface area contributed by atoms with Gasteiger partial charge in [0.2, 0.25) is 5.65 Å². The van der Waals surface area contributed by atoms with Gasteiger partial charge in [-0.3, -0.25) is 4.40 Å². The Hall–Kier alpha value is -2.15. The van der Waals surface area contributed by atoms with Crippen molar-refractivity contribution in [2.24, 2.45) is 0 Å². The average molecular weight is 320 g/mol. The quantitative estimate of drug-likeness (QED) is 0.804. The molecule has 0 aliphatic rings. The number of rotatable bonds is 3. The molecule has 0 fully saturated rings. The van der Waals surface area contributed by atoms with Crippen LogP contribution in [0.5, 0.6) is 5.75 Å². The lowest BCUT2D eigenvalue weighted by Crippen LogP contribution is -1.98. The lowest BCUT2D eigenvalue weighted by Gasteiger charge is -2.08. The van der Waals surface area contributed by atoms with E-state index in [1.54, 1.807) is 30.2 Å². The molecule has 19 heavy (non-hydrogen) atoms. The third kappa shape index (κ3) is 2.37. The second-order valence-electron chi connectivity index (χ2n) is 3.84. The summed E-state index contributed by atoms with van der Waals surface area (Å²) in [6, 6.07) is 5.70. The van der Waals surface area contributed by atoms with E-state index in [-0.39, 0.29) is 0 Å². The first-order valence-electron chi connectivity index (χ1n) is 5.52. The number of fused-ring (bicyclic) bond motifs is 1. The molecule has 0 aliphatic carbocycles. The zero-order valence-electron chi connectivity index (χ0n) is 10.0. The Morgan fingerprint density at radius 3 is 3.05 bits per heavy atom. The van der Waals surface area contributed by atoms with Crippen LogP contribution in [0, 0.1) is 0 Å². The molecule has 2 heterocycles. The van der Waals surface area contributed by atoms with E-state index >= 15 is 0 Å². The first-order chi connectivity index (χ1) is 9.26. The summed E-state index contributed by atoms with van der Waals surface area (Å²) in [5.74, 6) is 1.39. The van der Waals surface area contributed by atoms with E-state index in [0.29, 0.717) is 11.5 Å². The highest BCUT2D eigenvalue weighted by Gasteiger charge is 2.06. The van der Waals surface area contributed by atoms with Crippen LogP contribution in [0.3, 0.4) is 0 Å². The second-order valence-corrected chi connectivity index (χ2v) is 4.76. The lowest BCUT2D eigenvalue weighted by molar-refractivity contribution is 0.415. The molecule has 6 nitrogen and oxygen atoms in total. The van der Waals surface area contributed by atoms with Crippen molar-refractivity contribution in [2.45, 2.75) is 0 Å². The molecule has 0 unspecified atom stereocenters. The minimum Gasteiger partial charge on any atom is -0.497 e. The number of ether oxygens (including phenoxy) is 1. The molecule has 0 saturated carbocycles. The zero-order valence-corrected chi connectivity index (χ0v) is 11.6. The highest BCUT2D eigenvalue weighted by molar-refractivity contribution is 9.10. The number of halogens is 1. The summed E-state index contributed by atoms with van der Waals surface area (Å²) in [6.45, 7) is 0. The summed E-state index contributed by atoms with van der Waals surface area (Å²) in [4.78, 5) is 4.27. The lowest BCUT2D eigenvalue weighted by atomic mass is 10.3. The minimum absolute atomic E-state index is 0.639. The molecule has 0 spiro atoms. The van der Waals surface area contributed by atoms with Crippen LogP contribution >= 0.6 is 15.9 Å². The Kier molecular flexibility index (Phi) is 3.04. The molecular weight excluding hydrogens is 310 g/mol. The first-order valence-corrected chi connectivity index (χ1v) is 6.31. The smallest absolute Gasteiger partial charge is 0.203 e. The highest BCUT2D eigenvalue weighted by atomic mass is 79.9. The summed E-state index contributed by atoms with van der Waals surface area (Å²) in [6.07, 6.45) is 5.11. The van der Waals surface area contributed by atoms with Gasteiger partial charge in [-0.15, -0.1) is 10.2 Å². The van der Waals surface area contributed by atoms with Crippen molar-refractivity contribution in [1.29, 1.82) is 0 Å². The van der Waals surface area contributed by atoms with Crippen LogP contribution in [0.2, 0.25) is 0 Å². The number of anilines is 2. The van der Waals surface area contributed by atoms with Gasteiger partial charge in [-0.1, -0.05) is 15.9 Å². The molecule has 0 aliphatic heterocycles. The van der Waals surface area contributed by atoms with Gasteiger partial charge >= 0.3 is 0 Å². The Bertz CT molecular complexity index is 727. The van der Waals surface area contributed by atoms with Crippen LogP contribution in [-0.4, -0.2) is 26.7 Å². The summed E-state index contributed by atoms with van der Waals surface area (Å²) < 4.78 is 7.94. The molecule has 1 aromatic carbocycles. The van der Waals surface area contributed by atoms with Crippen LogP contribution in [0.15, 0.2) is 41.4 Å².